The zero-order valence-electron chi connectivity index (χ0n) is 12.0. The Bertz CT molecular complexity index is 715. The van der Waals surface area contributed by atoms with E-state index in [1.807, 2.05) is 16.7 Å². The van der Waals surface area contributed by atoms with Crippen molar-refractivity contribution in [2.24, 2.45) is 0 Å². The summed E-state index contributed by atoms with van der Waals surface area (Å²) >= 11 is 0. The van der Waals surface area contributed by atoms with Gasteiger partial charge in [-0.1, -0.05) is 24.3 Å². The van der Waals surface area contributed by atoms with Crippen molar-refractivity contribution >= 4 is 11.8 Å². The normalized spacial score (nSPS) is 16.5. The van der Waals surface area contributed by atoms with Gasteiger partial charge in [0.1, 0.15) is 0 Å². The predicted molar refractivity (Wildman–Crippen MR) is 80.1 cm³/mol. The van der Waals surface area contributed by atoms with E-state index < -0.39 is 11.9 Å². The molecule has 0 bridgehead atoms. The number of aliphatic hydroxyl groups excluding tert-OH is 1. The van der Waals surface area contributed by atoms with E-state index in [0.717, 1.165) is 5.56 Å². The fourth-order valence-corrected chi connectivity index (χ4v) is 2.99. The van der Waals surface area contributed by atoms with Gasteiger partial charge >= 0.3 is 5.97 Å². The van der Waals surface area contributed by atoms with Crippen LogP contribution in [0.2, 0.25) is 0 Å². The largest absolute Gasteiger partial charge is 0.481 e. The number of carboxylic acid groups (broad SMARTS) is 1. The second kappa shape index (κ2) is 5.77. The highest BCUT2D eigenvalue weighted by atomic mass is 16.4. The minimum atomic E-state index is -0.843. The second-order valence-corrected chi connectivity index (χ2v) is 5.47. The van der Waals surface area contributed by atoms with Crippen molar-refractivity contribution in [3.63, 3.8) is 0 Å². The number of carboxylic acids is 1. The molecule has 5 nitrogen and oxygen atoms in total. The van der Waals surface area contributed by atoms with Gasteiger partial charge in [-0.2, -0.15) is 0 Å². The number of carbonyl (C=O) groups excluding carboxylic acids is 1. The van der Waals surface area contributed by atoms with Crippen molar-refractivity contribution in [3.05, 3.63) is 58.9 Å². The van der Waals surface area contributed by atoms with E-state index >= 15 is 0 Å². The third-order valence-electron chi connectivity index (χ3n) is 4.16. The summed E-state index contributed by atoms with van der Waals surface area (Å²) in [5.41, 5.74) is 2.79. The van der Waals surface area contributed by atoms with Crippen molar-refractivity contribution in [2.45, 2.75) is 25.3 Å². The number of aromatic nitrogens is 1. The number of carbonyl (C=O) groups is 2. The van der Waals surface area contributed by atoms with Gasteiger partial charge in [-0.15, -0.1) is 0 Å². The molecule has 5 heteroatoms. The van der Waals surface area contributed by atoms with E-state index in [1.165, 1.54) is 0 Å². The van der Waals surface area contributed by atoms with Crippen LogP contribution in [0.5, 0.6) is 0 Å². The molecule has 114 valence electrons. The standard InChI is InChI=1S/C17H17NO4/c19-10-8-11-1-3-12(4-2-11)16(20)15-6-5-14-13(17(21)22)7-9-18(14)15/h1-6,13,19H,7-10H2,(H,21,22)/t13-/m0/s1. The summed E-state index contributed by atoms with van der Waals surface area (Å²) < 4.78 is 1.81. The van der Waals surface area contributed by atoms with Gasteiger partial charge in [0.15, 0.2) is 0 Å². The molecule has 0 fully saturated rings. The Morgan fingerprint density at radius 3 is 2.50 bits per heavy atom. The third kappa shape index (κ3) is 2.44. The van der Waals surface area contributed by atoms with Crippen LogP contribution in [0, 0.1) is 0 Å². The summed E-state index contributed by atoms with van der Waals surface area (Å²) in [4.78, 5) is 23.8. The maximum Gasteiger partial charge on any atom is 0.312 e. The van der Waals surface area contributed by atoms with Gasteiger partial charge in [0.2, 0.25) is 5.78 Å². The molecular weight excluding hydrogens is 282 g/mol. The highest BCUT2D eigenvalue weighted by Gasteiger charge is 2.31. The van der Waals surface area contributed by atoms with Gasteiger partial charge in [-0.3, -0.25) is 9.59 Å². The molecule has 0 unspecified atom stereocenters. The maximum atomic E-state index is 12.6. The lowest BCUT2D eigenvalue weighted by Gasteiger charge is -2.06. The second-order valence-electron chi connectivity index (χ2n) is 5.47. The van der Waals surface area contributed by atoms with Crippen LogP contribution >= 0.6 is 0 Å². The Morgan fingerprint density at radius 1 is 1.14 bits per heavy atom. The Labute approximate surface area is 127 Å². The predicted octanol–water partition coefficient (Wildman–Crippen LogP) is 1.83. The van der Waals surface area contributed by atoms with Crippen LogP contribution in [-0.4, -0.2) is 33.1 Å². The van der Waals surface area contributed by atoms with Crippen LogP contribution in [0.25, 0.3) is 0 Å². The van der Waals surface area contributed by atoms with Gasteiger partial charge in [-0.05, 0) is 30.5 Å². The first-order valence-electron chi connectivity index (χ1n) is 7.28. The molecule has 0 radical (unpaired) electrons. The fourth-order valence-electron chi connectivity index (χ4n) is 2.99. The Morgan fingerprint density at radius 2 is 1.86 bits per heavy atom. The molecule has 1 aromatic carbocycles. The van der Waals surface area contributed by atoms with Crippen molar-refractivity contribution in [3.8, 4) is 0 Å². The molecule has 0 spiro atoms. The summed E-state index contributed by atoms with van der Waals surface area (Å²) in [5, 5.41) is 18.1. The van der Waals surface area contributed by atoms with Crippen LogP contribution in [-0.2, 0) is 17.8 Å². The molecular formula is C17H17NO4. The van der Waals surface area contributed by atoms with Gasteiger partial charge in [-0.25, -0.2) is 0 Å². The van der Waals surface area contributed by atoms with E-state index in [0.29, 0.717) is 36.3 Å². The average Bonchev–Trinajstić information content (AvgIpc) is 3.08. The molecule has 0 amide bonds. The number of fused-ring (bicyclic) bond motifs is 1. The average molecular weight is 299 g/mol. The molecule has 22 heavy (non-hydrogen) atoms. The molecule has 1 aliphatic heterocycles. The smallest absolute Gasteiger partial charge is 0.312 e. The molecule has 0 saturated carbocycles. The SMILES string of the molecule is O=C(c1ccc(CCO)cc1)c1ccc2n1CC[C@@H]2C(=O)O. The number of hydrogen-bond donors (Lipinski definition) is 2. The number of nitrogens with zero attached hydrogens (tertiary/aromatic N) is 1. The molecule has 0 aliphatic carbocycles. The number of rotatable bonds is 5. The molecule has 3 rings (SSSR count). The first-order chi connectivity index (χ1) is 10.6. The van der Waals surface area contributed by atoms with E-state index in [4.69, 9.17) is 5.11 Å². The van der Waals surface area contributed by atoms with E-state index in [9.17, 15) is 14.7 Å². The van der Waals surface area contributed by atoms with Crippen LogP contribution in [0.3, 0.4) is 0 Å². The van der Waals surface area contributed by atoms with Gasteiger partial charge in [0, 0.05) is 24.4 Å². The third-order valence-corrected chi connectivity index (χ3v) is 4.16. The van der Waals surface area contributed by atoms with Crippen molar-refractivity contribution in [1.82, 2.24) is 4.57 Å². The number of hydrogen-bond acceptors (Lipinski definition) is 3. The molecule has 1 aromatic heterocycles. The van der Waals surface area contributed by atoms with Gasteiger partial charge in [0.05, 0.1) is 11.6 Å². The summed E-state index contributed by atoms with van der Waals surface area (Å²) in [7, 11) is 0. The van der Waals surface area contributed by atoms with E-state index in [1.54, 1.807) is 24.3 Å². The van der Waals surface area contributed by atoms with Crippen molar-refractivity contribution in [1.29, 1.82) is 0 Å². The topological polar surface area (TPSA) is 79.5 Å². The molecule has 0 saturated heterocycles. The molecule has 2 aromatic rings. The van der Waals surface area contributed by atoms with Crippen molar-refractivity contribution in [2.75, 3.05) is 6.61 Å². The maximum absolute atomic E-state index is 12.6. The van der Waals surface area contributed by atoms with Gasteiger partial charge < -0.3 is 14.8 Å². The monoisotopic (exact) mass is 299 g/mol. The quantitative estimate of drug-likeness (QED) is 0.825. The molecule has 2 heterocycles. The van der Waals surface area contributed by atoms with Gasteiger partial charge in [0.25, 0.3) is 0 Å². The Kier molecular flexibility index (Phi) is 3.81. The summed E-state index contributed by atoms with van der Waals surface area (Å²) in [6.45, 7) is 0.638. The van der Waals surface area contributed by atoms with E-state index in [2.05, 4.69) is 0 Å². The number of ketones is 1. The lowest BCUT2D eigenvalue weighted by molar-refractivity contribution is -0.138. The minimum absolute atomic E-state index is 0.0794. The Balaban J connectivity index is 1.87. The molecule has 1 aliphatic rings. The minimum Gasteiger partial charge on any atom is -0.481 e. The van der Waals surface area contributed by atoms with E-state index in [-0.39, 0.29) is 12.4 Å². The lowest BCUT2D eigenvalue weighted by Crippen LogP contribution is -2.10. The Hall–Kier alpha value is -2.40. The first-order valence-corrected chi connectivity index (χ1v) is 7.28. The van der Waals surface area contributed by atoms with Crippen LogP contribution in [0.1, 0.15) is 39.6 Å². The van der Waals surface area contributed by atoms with Crippen LogP contribution in [0.15, 0.2) is 36.4 Å². The number of benzene rings is 1. The zero-order valence-corrected chi connectivity index (χ0v) is 12.0. The number of aliphatic carboxylic acids is 1. The molecule has 2 N–H and O–H groups in total. The number of aliphatic hydroxyl groups is 1. The van der Waals surface area contributed by atoms with Crippen molar-refractivity contribution < 1.29 is 19.8 Å². The first kappa shape index (κ1) is 14.5. The lowest BCUT2D eigenvalue weighted by atomic mass is 10.0. The zero-order chi connectivity index (χ0) is 15.7. The highest BCUT2D eigenvalue weighted by Crippen LogP contribution is 2.31. The molecule has 1 atom stereocenters. The van der Waals surface area contributed by atoms with Crippen LogP contribution < -0.4 is 0 Å². The summed E-state index contributed by atoms with van der Waals surface area (Å²) in [6, 6.07) is 10.6. The highest BCUT2D eigenvalue weighted by molar-refractivity contribution is 6.08. The summed E-state index contributed by atoms with van der Waals surface area (Å²) in [6.07, 6.45) is 1.09. The van der Waals surface area contributed by atoms with Crippen LogP contribution in [0.4, 0.5) is 0 Å². The fraction of sp³-hybridized carbons (Fsp3) is 0.294. The summed E-state index contributed by atoms with van der Waals surface area (Å²) in [5.74, 6) is -1.47.